The Labute approximate surface area is 172 Å². The molecule has 0 amide bonds. The fourth-order valence-electron chi connectivity index (χ4n) is 3.56. The van der Waals surface area contributed by atoms with E-state index in [-0.39, 0.29) is 12.2 Å². The third-order valence-corrected chi connectivity index (χ3v) is 6.40. The van der Waals surface area contributed by atoms with E-state index in [1.165, 1.54) is 12.1 Å². The first-order chi connectivity index (χ1) is 13.8. The summed E-state index contributed by atoms with van der Waals surface area (Å²) in [7, 11) is 0.577. The molecule has 0 radical (unpaired) electrons. The molecule has 3 aromatic carbocycles. The highest BCUT2D eigenvalue weighted by Crippen LogP contribution is 2.35. The molecule has 0 aliphatic heterocycles. The van der Waals surface area contributed by atoms with Crippen molar-refractivity contribution in [3.8, 4) is 11.1 Å². The second-order valence-electron chi connectivity index (χ2n) is 7.10. The minimum Gasteiger partial charge on any atom is -0.481 e. The fraction of sp³-hybridized carbons (Fsp3) is 0.261. The largest absolute Gasteiger partial charge is 0.481 e. The summed E-state index contributed by atoms with van der Waals surface area (Å²) in [6.07, 6.45) is 0.809. The summed E-state index contributed by atoms with van der Waals surface area (Å²) >= 11 is 0. The summed E-state index contributed by atoms with van der Waals surface area (Å²) < 4.78 is 28.4. The molecule has 1 atom stereocenters. The number of fused-ring (bicyclic) bond motifs is 1. The molecule has 0 aliphatic carbocycles. The molecule has 4 nitrogen and oxygen atoms in total. The molecule has 0 fully saturated rings. The van der Waals surface area contributed by atoms with Crippen LogP contribution in [0.5, 0.6) is 0 Å². The molecule has 0 saturated heterocycles. The van der Waals surface area contributed by atoms with Crippen LogP contribution in [-0.2, 0) is 22.2 Å². The Balaban J connectivity index is 2.13. The van der Waals surface area contributed by atoms with Crippen LogP contribution >= 0.6 is 0 Å². The smallest absolute Gasteiger partial charge is 0.307 e. The van der Waals surface area contributed by atoms with Crippen molar-refractivity contribution in [1.29, 1.82) is 0 Å². The molecule has 0 heterocycles. The molecular weight excluding hydrogens is 389 g/mol. The average molecular weight is 414 g/mol. The highest BCUT2D eigenvalue weighted by atomic mass is 32.2. The zero-order valence-corrected chi connectivity index (χ0v) is 17.6. The van der Waals surface area contributed by atoms with Gasteiger partial charge >= 0.3 is 5.97 Å². The molecule has 3 aromatic rings. The van der Waals surface area contributed by atoms with Crippen molar-refractivity contribution in [2.24, 2.45) is 0 Å². The molecule has 3 rings (SSSR count). The van der Waals surface area contributed by atoms with Gasteiger partial charge < -0.3 is 5.11 Å². The van der Waals surface area contributed by atoms with E-state index in [0.717, 1.165) is 40.4 Å². The van der Waals surface area contributed by atoms with Crippen molar-refractivity contribution in [3.63, 3.8) is 0 Å². The van der Waals surface area contributed by atoms with Gasteiger partial charge in [-0.3, -0.25) is 4.79 Å². The zero-order valence-electron chi connectivity index (χ0n) is 16.7. The fourth-order valence-corrected chi connectivity index (χ4v) is 4.64. The first-order valence-corrected chi connectivity index (χ1v) is 10.6. The normalized spacial score (nSPS) is 12.4. The van der Waals surface area contributed by atoms with Gasteiger partial charge in [-0.2, -0.15) is 0 Å². The molecule has 6 heteroatoms. The second kappa shape index (κ2) is 8.84. The standard InChI is InChI=1S/C23H24FNO3S/c1-4-11-25(3)29(28)20-9-6-16(7-10-20)23-15(2)18(13-22(26)27)12-17-5-8-19(24)14-21(17)23/h5-10,12,14H,4,11,13H2,1-3H3,(H,26,27). The lowest BCUT2D eigenvalue weighted by Gasteiger charge is -2.17. The number of hydrogen-bond donors (Lipinski definition) is 1. The number of halogens is 1. The minimum absolute atomic E-state index is 0.101. The van der Waals surface area contributed by atoms with Gasteiger partial charge in [-0.1, -0.05) is 31.2 Å². The Morgan fingerprint density at radius 3 is 2.45 bits per heavy atom. The molecule has 29 heavy (non-hydrogen) atoms. The van der Waals surface area contributed by atoms with Gasteiger partial charge in [-0.05, 0) is 70.6 Å². The van der Waals surface area contributed by atoms with E-state index in [0.29, 0.717) is 10.5 Å². The summed E-state index contributed by atoms with van der Waals surface area (Å²) in [6.45, 7) is 4.63. The van der Waals surface area contributed by atoms with Crippen molar-refractivity contribution in [1.82, 2.24) is 4.31 Å². The van der Waals surface area contributed by atoms with Gasteiger partial charge in [-0.25, -0.2) is 12.9 Å². The van der Waals surface area contributed by atoms with E-state index in [2.05, 4.69) is 0 Å². The van der Waals surface area contributed by atoms with Crippen LogP contribution in [0.15, 0.2) is 53.4 Å². The number of aliphatic carboxylic acids is 1. The van der Waals surface area contributed by atoms with Crippen LogP contribution in [-0.4, -0.2) is 33.2 Å². The van der Waals surface area contributed by atoms with E-state index in [1.807, 2.05) is 51.2 Å². The van der Waals surface area contributed by atoms with Crippen LogP contribution < -0.4 is 0 Å². The highest BCUT2D eigenvalue weighted by Gasteiger charge is 2.16. The number of benzene rings is 3. The molecule has 0 saturated carbocycles. The quantitative estimate of drug-likeness (QED) is 0.596. The molecule has 1 unspecified atom stereocenters. The van der Waals surface area contributed by atoms with Gasteiger partial charge in [0, 0.05) is 13.6 Å². The third kappa shape index (κ3) is 4.54. The topological polar surface area (TPSA) is 57.6 Å². The number of carboxylic acid groups (broad SMARTS) is 1. The summed E-state index contributed by atoms with van der Waals surface area (Å²) in [5.41, 5.74) is 3.14. The Morgan fingerprint density at radius 2 is 1.83 bits per heavy atom. The molecule has 0 aliphatic rings. The zero-order chi connectivity index (χ0) is 21.1. The number of carbonyl (C=O) groups is 1. The Hall–Kier alpha value is -2.57. The SMILES string of the molecule is CCCN(C)S(=O)c1ccc(-c2c(C)c(CC(=O)O)cc3ccc(F)cc23)cc1. The van der Waals surface area contributed by atoms with Crippen molar-refractivity contribution >= 4 is 27.7 Å². The Bertz CT molecular complexity index is 1080. The third-order valence-electron chi connectivity index (χ3n) is 4.98. The van der Waals surface area contributed by atoms with Crippen molar-refractivity contribution in [2.75, 3.05) is 13.6 Å². The lowest BCUT2D eigenvalue weighted by molar-refractivity contribution is -0.136. The average Bonchev–Trinajstić information content (AvgIpc) is 2.68. The van der Waals surface area contributed by atoms with Crippen LogP contribution in [0.25, 0.3) is 21.9 Å². The minimum atomic E-state index is -1.25. The highest BCUT2D eigenvalue weighted by molar-refractivity contribution is 7.82. The predicted molar refractivity (Wildman–Crippen MR) is 115 cm³/mol. The second-order valence-corrected chi connectivity index (χ2v) is 8.69. The lowest BCUT2D eigenvalue weighted by atomic mass is 9.89. The summed E-state index contributed by atoms with van der Waals surface area (Å²) in [5, 5.41) is 10.8. The maximum atomic E-state index is 14.0. The first kappa shape index (κ1) is 21.1. The van der Waals surface area contributed by atoms with Gasteiger partial charge in [0.25, 0.3) is 0 Å². The van der Waals surface area contributed by atoms with Gasteiger partial charge in [-0.15, -0.1) is 0 Å². The number of hydrogen-bond acceptors (Lipinski definition) is 2. The molecule has 0 aromatic heterocycles. The van der Waals surface area contributed by atoms with Crippen LogP contribution in [0.3, 0.4) is 0 Å². The monoisotopic (exact) mass is 413 g/mol. The molecule has 1 N–H and O–H groups in total. The van der Waals surface area contributed by atoms with Gasteiger partial charge in [0.15, 0.2) is 0 Å². The van der Waals surface area contributed by atoms with Crippen LogP contribution in [0.4, 0.5) is 4.39 Å². The number of nitrogens with zero attached hydrogens (tertiary/aromatic N) is 1. The molecule has 0 spiro atoms. The summed E-state index contributed by atoms with van der Waals surface area (Å²) in [4.78, 5) is 12.0. The van der Waals surface area contributed by atoms with Crippen LogP contribution in [0, 0.1) is 12.7 Å². The predicted octanol–water partition coefficient (Wildman–Crippen LogP) is 4.95. The maximum absolute atomic E-state index is 14.0. The molecular formula is C23H24FNO3S. The van der Waals surface area contributed by atoms with Crippen molar-refractivity contribution in [3.05, 3.63) is 65.5 Å². The van der Waals surface area contributed by atoms with Crippen molar-refractivity contribution in [2.45, 2.75) is 31.6 Å². The van der Waals surface area contributed by atoms with Gasteiger partial charge in [0.2, 0.25) is 0 Å². The number of carboxylic acids is 1. The van der Waals surface area contributed by atoms with E-state index < -0.39 is 17.0 Å². The van der Waals surface area contributed by atoms with E-state index in [1.54, 1.807) is 10.4 Å². The Morgan fingerprint density at radius 1 is 1.14 bits per heavy atom. The van der Waals surface area contributed by atoms with Crippen LogP contribution in [0.2, 0.25) is 0 Å². The van der Waals surface area contributed by atoms with Gasteiger partial charge in [0.1, 0.15) is 16.8 Å². The molecule has 0 bridgehead atoms. The summed E-state index contributed by atoms with van der Waals surface area (Å²) in [5.74, 6) is -1.26. The van der Waals surface area contributed by atoms with Crippen LogP contribution in [0.1, 0.15) is 24.5 Å². The van der Waals surface area contributed by atoms with E-state index >= 15 is 0 Å². The van der Waals surface area contributed by atoms with Gasteiger partial charge in [0.05, 0.1) is 11.3 Å². The van der Waals surface area contributed by atoms with Crippen molar-refractivity contribution < 1.29 is 18.5 Å². The van der Waals surface area contributed by atoms with E-state index in [4.69, 9.17) is 0 Å². The first-order valence-electron chi connectivity index (χ1n) is 9.48. The van der Waals surface area contributed by atoms with E-state index in [9.17, 15) is 18.5 Å². The molecule has 152 valence electrons. The number of rotatable bonds is 7. The summed E-state index contributed by atoms with van der Waals surface area (Å²) in [6, 6.07) is 13.7. The maximum Gasteiger partial charge on any atom is 0.307 e. The Kier molecular flexibility index (Phi) is 6.45. The lowest BCUT2D eigenvalue weighted by Crippen LogP contribution is -2.21.